The monoisotopic (exact) mass is 379 g/mol. The molecule has 0 aliphatic heterocycles. The lowest BCUT2D eigenvalue weighted by molar-refractivity contribution is -0.383. The number of rotatable bonds is 6. The number of nitrogens with zero attached hydrogens (tertiary/aromatic N) is 2. The summed E-state index contributed by atoms with van der Waals surface area (Å²) in [6.07, 6.45) is 0.0936. The number of nitro groups is 1. The molecule has 1 atom stereocenters. The van der Waals surface area contributed by atoms with Crippen molar-refractivity contribution < 1.29 is 19.2 Å². The number of carbonyl (C=O) groups excluding carboxylic acids is 2. The number of esters is 1. The van der Waals surface area contributed by atoms with E-state index in [9.17, 15) is 25.0 Å². The van der Waals surface area contributed by atoms with Crippen molar-refractivity contribution in [2.45, 2.75) is 20.0 Å². The Bertz CT molecular complexity index is 974. The van der Waals surface area contributed by atoms with E-state index in [-0.39, 0.29) is 16.9 Å². The van der Waals surface area contributed by atoms with E-state index in [4.69, 9.17) is 4.74 Å². The fourth-order valence-electron chi connectivity index (χ4n) is 2.22. The number of hydrogen-bond donors (Lipinski definition) is 1. The van der Waals surface area contributed by atoms with Crippen molar-refractivity contribution in [1.29, 1.82) is 5.26 Å². The summed E-state index contributed by atoms with van der Waals surface area (Å²) in [5.41, 5.74) is 1.09. The van der Waals surface area contributed by atoms with Crippen LogP contribution in [-0.2, 0) is 14.3 Å². The van der Waals surface area contributed by atoms with Gasteiger partial charge in [-0.25, -0.2) is 4.79 Å². The normalized spacial score (nSPS) is 11.8. The molecule has 142 valence electrons. The van der Waals surface area contributed by atoms with E-state index < -0.39 is 22.9 Å². The van der Waals surface area contributed by atoms with Crippen LogP contribution in [0, 0.1) is 28.4 Å². The number of hydrogen-bond acceptors (Lipinski definition) is 6. The molecule has 1 N–H and O–H groups in total. The summed E-state index contributed by atoms with van der Waals surface area (Å²) < 4.78 is 5.02. The molecule has 0 fully saturated rings. The zero-order chi connectivity index (χ0) is 20.7. The number of carbonyl (C=O) groups is 2. The van der Waals surface area contributed by atoms with Gasteiger partial charge in [0.1, 0.15) is 17.3 Å². The topological polar surface area (TPSA) is 122 Å². The number of benzene rings is 2. The molecule has 0 bridgehead atoms. The number of aryl methyl sites for hydroxylation is 1. The van der Waals surface area contributed by atoms with Crippen molar-refractivity contribution in [2.75, 3.05) is 5.32 Å². The van der Waals surface area contributed by atoms with Gasteiger partial charge in [-0.05, 0) is 31.6 Å². The summed E-state index contributed by atoms with van der Waals surface area (Å²) in [6.45, 7) is 3.22. The SMILES string of the molecule is Cc1ccc(/C=C(\C#N)C(=O)O[C@H](C)C(=O)Nc2ccccc2[N+](=O)[O-])cc1. The van der Waals surface area contributed by atoms with E-state index in [1.54, 1.807) is 18.2 Å². The van der Waals surface area contributed by atoms with Crippen LogP contribution in [0.2, 0.25) is 0 Å². The molecule has 0 aliphatic carbocycles. The Morgan fingerprint density at radius 1 is 1.21 bits per heavy atom. The quantitative estimate of drug-likeness (QED) is 0.270. The van der Waals surface area contributed by atoms with Crippen LogP contribution in [0.5, 0.6) is 0 Å². The van der Waals surface area contributed by atoms with Gasteiger partial charge in [0.05, 0.1) is 4.92 Å². The lowest BCUT2D eigenvalue weighted by atomic mass is 10.1. The average molecular weight is 379 g/mol. The number of nitriles is 1. The van der Waals surface area contributed by atoms with Gasteiger partial charge in [-0.15, -0.1) is 0 Å². The van der Waals surface area contributed by atoms with E-state index in [0.29, 0.717) is 5.56 Å². The fraction of sp³-hybridized carbons (Fsp3) is 0.150. The molecule has 0 unspecified atom stereocenters. The predicted molar refractivity (Wildman–Crippen MR) is 102 cm³/mol. The standard InChI is InChI=1S/C20H17N3O5/c1-13-7-9-15(10-8-13)11-16(12-21)20(25)28-14(2)19(24)22-17-5-3-4-6-18(17)23(26)27/h3-11,14H,1-2H3,(H,22,24)/b16-11+/t14-/m1/s1. The van der Waals surface area contributed by atoms with Crippen LogP contribution in [0.15, 0.2) is 54.1 Å². The molecule has 0 saturated heterocycles. The molecule has 8 heteroatoms. The molecule has 0 aromatic heterocycles. The molecule has 1 amide bonds. The van der Waals surface area contributed by atoms with Crippen LogP contribution < -0.4 is 5.32 Å². The van der Waals surface area contributed by atoms with Gasteiger partial charge >= 0.3 is 5.97 Å². The highest BCUT2D eigenvalue weighted by Crippen LogP contribution is 2.23. The summed E-state index contributed by atoms with van der Waals surface area (Å²) in [4.78, 5) is 34.8. The summed E-state index contributed by atoms with van der Waals surface area (Å²) in [7, 11) is 0. The Labute approximate surface area is 161 Å². The number of ether oxygens (including phenoxy) is 1. The first kappa shape index (κ1) is 20.3. The molecule has 0 aliphatic rings. The molecule has 2 rings (SSSR count). The summed E-state index contributed by atoms with van der Waals surface area (Å²) in [5, 5.41) is 22.6. The first-order chi connectivity index (χ1) is 13.3. The minimum Gasteiger partial charge on any atom is -0.448 e. The molecule has 28 heavy (non-hydrogen) atoms. The van der Waals surface area contributed by atoms with E-state index >= 15 is 0 Å². The molecule has 0 saturated carbocycles. The van der Waals surface area contributed by atoms with Crippen molar-refractivity contribution >= 4 is 29.3 Å². The van der Waals surface area contributed by atoms with Gasteiger partial charge in [-0.1, -0.05) is 42.0 Å². The van der Waals surface area contributed by atoms with Gasteiger partial charge in [-0.3, -0.25) is 14.9 Å². The van der Waals surface area contributed by atoms with Crippen LogP contribution in [0.1, 0.15) is 18.1 Å². The third-order valence-electron chi connectivity index (χ3n) is 3.74. The maximum atomic E-state index is 12.2. The summed E-state index contributed by atoms with van der Waals surface area (Å²) >= 11 is 0. The number of nitrogens with one attached hydrogen (secondary N) is 1. The Kier molecular flexibility index (Phi) is 6.60. The Balaban J connectivity index is 2.08. The third kappa shape index (κ3) is 5.25. The van der Waals surface area contributed by atoms with E-state index in [0.717, 1.165) is 5.56 Å². The summed E-state index contributed by atoms with van der Waals surface area (Å²) in [6, 6.07) is 14.5. The minimum absolute atomic E-state index is 0.0175. The predicted octanol–water partition coefficient (Wildman–Crippen LogP) is 3.38. The van der Waals surface area contributed by atoms with Gasteiger partial charge < -0.3 is 10.1 Å². The number of anilines is 1. The van der Waals surface area contributed by atoms with Crippen LogP contribution >= 0.6 is 0 Å². The van der Waals surface area contributed by atoms with Crippen LogP contribution in [-0.4, -0.2) is 22.9 Å². The first-order valence-electron chi connectivity index (χ1n) is 8.25. The van der Waals surface area contributed by atoms with E-state index in [2.05, 4.69) is 5.32 Å². The third-order valence-corrected chi connectivity index (χ3v) is 3.74. The zero-order valence-corrected chi connectivity index (χ0v) is 15.2. The second-order valence-corrected chi connectivity index (χ2v) is 5.89. The number of para-hydroxylation sites is 2. The van der Waals surface area contributed by atoms with Gasteiger partial charge in [0.25, 0.3) is 11.6 Å². The van der Waals surface area contributed by atoms with Crippen molar-refractivity contribution in [2.24, 2.45) is 0 Å². The number of nitro benzene ring substituents is 1. The maximum Gasteiger partial charge on any atom is 0.349 e. The Morgan fingerprint density at radius 3 is 2.46 bits per heavy atom. The smallest absolute Gasteiger partial charge is 0.349 e. The van der Waals surface area contributed by atoms with Crippen LogP contribution in [0.25, 0.3) is 6.08 Å². The maximum absolute atomic E-state index is 12.2. The zero-order valence-electron chi connectivity index (χ0n) is 15.2. The van der Waals surface area contributed by atoms with E-state index in [1.807, 2.05) is 19.1 Å². The summed E-state index contributed by atoms with van der Waals surface area (Å²) in [5.74, 6) is -1.72. The molecular weight excluding hydrogens is 362 g/mol. The second kappa shape index (κ2) is 9.09. The first-order valence-corrected chi connectivity index (χ1v) is 8.25. The van der Waals surface area contributed by atoms with Gasteiger partial charge in [0, 0.05) is 6.07 Å². The Morgan fingerprint density at radius 2 is 1.86 bits per heavy atom. The number of amides is 1. The molecule has 8 nitrogen and oxygen atoms in total. The van der Waals surface area contributed by atoms with Crippen molar-refractivity contribution in [3.05, 3.63) is 75.3 Å². The highest BCUT2D eigenvalue weighted by Gasteiger charge is 2.23. The molecule has 0 heterocycles. The van der Waals surface area contributed by atoms with Crippen LogP contribution in [0.4, 0.5) is 11.4 Å². The van der Waals surface area contributed by atoms with Crippen LogP contribution in [0.3, 0.4) is 0 Å². The minimum atomic E-state index is -1.26. The van der Waals surface area contributed by atoms with Crippen molar-refractivity contribution in [3.63, 3.8) is 0 Å². The molecular formula is C20H17N3O5. The molecule has 2 aromatic rings. The Hall–Kier alpha value is -3.99. The lowest BCUT2D eigenvalue weighted by Crippen LogP contribution is -2.30. The largest absolute Gasteiger partial charge is 0.448 e. The fourth-order valence-corrected chi connectivity index (χ4v) is 2.22. The van der Waals surface area contributed by atoms with Gasteiger partial charge in [0.2, 0.25) is 0 Å². The van der Waals surface area contributed by atoms with E-state index in [1.165, 1.54) is 37.3 Å². The van der Waals surface area contributed by atoms with Crippen molar-refractivity contribution in [3.8, 4) is 6.07 Å². The molecule has 0 spiro atoms. The highest BCUT2D eigenvalue weighted by molar-refractivity contribution is 6.01. The highest BCUT2D eigenvalue weighted by atomic mass is 16.6. The second-order valence-electron chi connectivity index (χ2n) is 5.89. The van der Waals surface area contributed by atoms with Crippen molar-refractivity contribution in [1.82, 2.24) is 0 Å². The molecule has 0 radical (unpaired) electrons. The van der Waals surface area contributed by atoms with Gasteiger partial charge in [0.15, 0.2) is 6.10 Å². The average Bonchev–Trinajstić information content (AvgIpc) is 2.67. The van der Waals surface area contributed by atoms with Gasteiger partial charge in [-0.2, -0.15) is 5.26 Å². The lowest BCUT2D eigenvalue weighted by Gasteiger charge is -2.13. The molecule has 2 aromatic carbocycles.